The van der Waals surface area contributed by atoms with Gasteiger partial charge >= 0.3 is 0 Å². The van der Waals surface area contributed by atoms with E-state index in [1.807, 2.05) is 19.1 Å². The van der Waals surface area contributed by atoms with Crippen LogP contribution in [-0.4, -0.2) is 40.1 Å². The highest BCUT2D eigenvalue weighted by Crippen LogP contribution is 2.33. The number of aromatic nitrogens is 1. The normalized spacial score (nSPS) is 16.8. The fraction of sp³-hybridized carbons (Fsp3) is 0.429. The predicted octanol–water partition coefficient (Wildman–Crippen LogP) is 1.78. The Kier molecular flexibility index (Phi) is 3.35. The van der Waals surface area contributed by atoms with Gasteiger partial charge in [0, 0.05) is 24.2 Å². The van der Waals surface area contributed by atoms with Gasteiger partial charge in [-0.25, -0.2) is 4.98 Å². The highest BCUT2D eigenvalue weighted by molar-refractivity contribution is 7.21. The van der Waals surface area contributed by atoms with Crippen LogP contribution in [0.4, 0.5) is 5.69 Å². The number of aliphatic hydroxyl groups excluding tert-OH is 1. The van der Waals surface area contributed by atoms with Crippen LogP contribution in [0, 0.1) is 6.92 Å². The Bertz CT molecular complexity index is 660. The first-order valence-electron chi connectivity index (χ1n) is 6.69. The minimum Gasteiger partial charge on any atom is -0.397 e. The highest BCUT2D eigenvalue weighted by Gasteiger charge is 2.26. The summed E-state index contributed by atoms with van der Waals surface area (Å²) < 4.78 is 0. The van der Waals surface area contributed by atoms with Crippen molar-refractivity contribution in [3.05, 3.63) is 22.7 Å². The Hall–Kier alpha value is -1.66. The standard InChI is InChI=1S/C14H17N3O2S/c1-8-2-3-10-11(15)12(20-13(10)16-8)14(19)17-6-4-9(18)5-7-17/h2-3,9,18H,4-7,15H2,1H3. The van der Waals surface area contributed by atoms with E-state index in [0.29, 0.717) is 36.5 Å². The van der Waals surface area contributed by atoms with E-state index >= 15 is 0 Å². The molecule has 5 nitrogen and oxygen atoms in total. The molecule has 1 aliphatic rings. The van der Waals surface area contributed by atoms with Crippen molar-refractivity contribution in [3.63, 3.8) is 0 Å². The number of nitrogens with zero attached hydrogens (tertiary/aromatic N) is 2. The first kappa shape index (κ1) is 13.3. The van der Waals surface area contributed by atoms with Crippen LogP contribution in [0.2, 0.25) is 0 Å². The Balaban J connectivity index is 1.93. The first-order valence-corrected chi connectivity index (χ1v) is 7.51. The Morgan fingerprint density at radius 3 is 2.85 bits per heavy atom. The number of nitrogen functional groups attached to an aromatic ring is 1. The average Bonchev–Trinajstić information content (AvgIpc) is 2.75. The van der Waals surface area contributed by atoms with Crippen LogP contribution in [0.3, 0.4) is 0 Å². The van der Waals surface area contributed by atoms with Gasteiger partial charge in [-0.15, -0.1) is 11.3 Å². The fourth-order valence-electron chi connectivity index (χ4n) is 2.46. The van der Waals surface area contributed by atoms with Crippen LogP contribution in [0.1, 0.15) is 28.2 Å². The summed E-state index contributed by atoms with van der Waals surface area (Å²) in [6.45, 7) is 3.09. The quantitative estimate of drug-likeness (QED) is 0.839. The number of aryl methyl sites for hydroxylation is 1. The van der Waals surface area contributed by atoms with Gasteiger partial charge in [0.2, 0.25) is 0 Å². The van der Waals surface area contributed by atoms with E-state index < -0.39 is 0 Å². The second-order valence-electron chi connectivity index (χ2n) is 5.17. The molecule has 2 aromatic rings. The zero-order valence-electron chi connectivity index (χ0n) is 11.3. The molecule has 1 saturated heterocycles. The summed E-state index contributed by atoms with van der Waals surface area (Å²) in [5.41, 5.74) is 7.53. The van der Waals surface area contributed by atoms with Gasteiger partial charge in [-0.2, -0.15) is 0 Å². The van der Waals surface area contributed by atoms with E-state index in [4.69, 9.17) is 5.73 Å². The van der Waals surface area contributed by atoms with E-state index in [0.717, 1.165) is 15.9 Å². The molecule has 0 aliphatic carbocycles. The van der Waals surface area contributed by atoms with Crippen LogP contribution < -0.4 is 5.73 Å². The third-order valence-corrected chi connectivity index (χ3v) is 4.78. The first-order chi connectivity index (χ1) is 9.56. The lowest BCUT2D eigenvalue weighted by molar-refractivity contribution is 0.0551. The molecule has 6 heteroatoms. The van der Waals surface area contributed by atoms with E-state index in [1.54, 1.807) is 4.90 Å². The molecule has 0 unspecified atom stereocenters. The number of fused-ring (bicyclic) bond motifs is 1. The summed E-state index contributed by atoms with van der Waals surface area (Å²) in [7, 11) is 0. The van der Waals surface area contributed by atoms with Crippen LogP contribution in [-0.2, 0) is 0 Å². The molecule has 0 atom stereocenters. The number of hydrogen-bond acceptors (Lipinski definition) is 5. The van der Waals surface area contributed by atoms with E-state index in [1.165, 1.54) is 11.3 Å². The SMILES string of the molecule is Cc1ccc2c(N)c(C(=O)N3CCC(O)CC3)sc2n1. The average molecular weight is 291 g/mol. The van der Waals surface area contributed by atoms with Gasteiger partial charge in [0.05, 0.1) is 11.8 Å². The topological polar surface area (TPSA) is 79.5 Å². The lowest BCUT2D eigenvalue weighted by Gasteiger charge is -2.29. The lowest BCUT2D eigenvalue weighted by atomic mass is 10.1. The Morgan fingerprint density at radius 1 is 1.45 bits per heavy atom. The number of pyridine rings is 1. The van der Waals surface area contributed by atoms with Gasteiger partial charge in [-0.3, -0.25) is 4.79 Å². The fourth-order valence-corrected chi connectivity index (χ4v) is 3.57. The van der Waals surface area contributed by atoms with Gasteiger partial charge in [0.15, 0.2) is 0 Å². The summed E-state index contributed by atoms with van der Waals surface area (Å²) in [4.78, 5) is 20.1. The number of likely N-dealkylation sites (tertiary alicyclic amines) is 1. The molecular weight excluding hydrogens is 274 g/mol. The molecule has 1 aliphatic heterocycles. The van der Waals surface area contributed by atoms with Gasteiger partial charge in [0.1, 0.15) is 9.71 Å². The molecule has 1 fully saturated rings. The third-order valence-electron chi connectivity index (χ3n) is 3.68. The number of thiophene rings is 1. The second-order valence-corrected chi connectivity index (χ2v) is 6.17. The number of carbonyl (C=O) groups is 1. The number of piperidine rings is 1. The maximum absolute atomic E-state index is 12.5. The largest absolute Gasteiger partial charge is 0.397 e. The second kappa shape index (κ2) is 5.03. The van der Waals surface area contributed by atoms with Gasteiger partial charge in [-0.1, -0.05) is 0 Å². The van der Waals surface area contributed by atoms with Crippen LogP contribution in [0.15, 0.2) is 12.1 Å². The van der Waals surface area contributed by atoms with Crippen LogP contribution >= 0.6 is 11.3 Å². The van der Waals surface area contributed by atoms with Crippen LogP contribution in [0.25, 0.3) is 10.2 Å². The summed E-state index contributed by atoms with van der Waals surface area (Å²) in [5.74, 6) is -0.0462. The maximum Gasteiger partial charge on any atom is 0.266 e. The van der Waals surface area contributed by atoms with E-state index in [2.05, 4.69) is 4.98 Å². The number of rotatable bonds is 1. The Labute approximate surface area is 121 Å². The molecule has 3 heterocycles. The zero-order chi connectivity index (χ0) is 14.3. The molecule has 0 radical (unpaired) electrons. The molecule has 0 bridgehead atoms. The van der Waals surface area contributed by atoms with Crippen molar-refractivity contribution in [3.8, 4) is 0 Å². The number of anilines is 1. The molecule has 20 heavy (non-hydrogen) atoms. The summed E-state index contributed by atoms with van der Waals surface area (Å²) in [5, 5.41) is 10.4. The maximum atomic E-state index is 12.5. The van der Waals surface area contributed by atoms with Crippen molar-refractivity contribution in [1.82, 2.24) is 9.88 Å². The summed E-state index contributed by atoms with van der Waals surface area (Å²) >= 11 is 1.35. The molecule has 0 spiro atoms. The van der Waals surface area contributed by atoms with Crippen molar-refractivity contribution in [2.24, 2.45) is 0 Å². The molecule has 3 rings (SSSR count). The van der Waals surface area contributed by atoms with Gasteiger partial charge in [-0.05, 0) is 31.9 Å². The minimum absolute atomic E-state index is 0.0462. The smallest absolute Gasteiger partial charge is 0.266 e. The number of carbonyl (C=O) groups excluding carboxylic acids is 1. The van der Waals surface area contributed by atoms with Gasteiger partial charge < -0.3 is 15.7 Å². The minimum atomic E-state index is -0.289. The lowest BCUT2D eigenvalue weighted by Crippen LogP contribution is -2.39. The van der Waals surface area contributed by atoms with Crippen LogP contribution in [0.5, 0.6) is 0 Å². The van der Waals surface area contributed by atoms with Crippen molar-refractivity contribution in [1.29, 1.82) is 0 Å². The summed E-state index contributed by atoms with van der Waals surface area (Å²) in [6, 6.07) is 3.82. The molecule has 106 valence electrons. The molecule has 3 N–H and O–H groups in total. The molecule has 1 amide bonds. The Morgan fingerprint density at radius 2 is 2.15 bits per heavy atom. The number of aliphatic hydroxyl groups is 1. The van der Waals surface area contributed by atoms with Crippen molar-refractivity contribution in [2.75, 3.05) is 18.8 Å². The summed E-state index contributed by atoms with van der Waals surface area (Å²) in [6.07, 6.45) is 0.977. The van der Waals surface area contributed by atoms with E-state index in [9.17, 15) is 9.90 Å². The zero-order valence-corrected chi connectivity index (χ0v) is 12.1. The number of amides is 1. The molecular formula is C14H17N3O2S. The van der Waals surface area contributed by atoms with E-state index in [-0.39, 0.29) is 12.0 Å². The monoisotopic (exact) mass is 291 g/mol. The van der Waals surface area contributed by atoms with Crippen molar-refractivity contribution in [2.45, 2.75) is 25.9 Å². The van der Waals surface area contributed by atoms with Gasteiger partial charge in [0.25, 0.3) is 5.91 Å². The number of nitrogens with two attached hydrogens (primary N) is 1. The third kappa shape index (κ3) is 2.25. The molecule has 0 saturated carbocycles. The van der Waals surface area contributed by atoms with Crippen molar-refractivity contribution < 1.29 is 9.90 Å². The molecule has 2 aromatic heterocycles. The molecule has 0 aromatic carbocycles. The predicted molar refractivity (Wildman–Crippen MR) is 79.9 cm³/mol. The number of hydrogen-bond donors (Lipinski definition) is 2. The highest BCUT2D eigenvalue weighted by atomic mass is 32.1. The van der Waals surface area contributed by atoms with Crippen molar-refractivity contribution >= 4 is 33.1 Å².